The van der Waals surface area contributed by atoms with Crippen molar-refractivity contribution in [3.63, 3.8) is 0 Å². The maximum Gasteiger partial charge on any atom is 0.342 e. The molecule has 1 aromatic carbocycles. The topological polar surface area (TPSA) is 96.2 Å². The molecule has 2 rings (SSSR count). The lowest BCUT2D eigenvalue weighted by atomic mass is 10.00. The minimum Gasteiger partial charge on any atom is -0.507 e. The molecule has 0 aliphatic carbocycles. The van der Waals surface area contributed by atoms with Crippen LogP contribution < -0.4 is 4.74 Å². The van der Waals surface area contributed by atoms with E-state index in [2.05, 4.69) is 6.58 Å². The Balaban J connectivity index is 2.45. The Labute approximate surface area is 152 Å². The number of hydrogen-bond donors (Lipinski definition) is 3. The first-order chi connectivity index (χ1) is 12.3. The molecule has 1 aliphatic heterocycles. The number of phenolic OH excluding ortho intramolecular Hbond substituents is 1. The number of benzene rings is 1. The summed E-state index contributed by atoms with van der Waals surface area (Å²) in [7, 11) is 1.45. The van der Waals surface area contributed by atoms with Gasteiger partial charge >= 0.3 is 5.97 Å². The average molecular weight is 360 g/mol. The number of phenols is 1. The van der Waals surface area contributed by atoms with E-state index in [0.717, 1.165) is 0 Å². The Bertz CT molecular complexity index is 734. The summed E-state index contributed by atoms with van der Waals surface area (Å²) in [5.41, 5.74) is 0.794. The van der Waals surface area contributed by atoms with Crippen LogP contribution in [0.2, 0.25) is 0 Å². The number of ether oxygens (including phenoxy) is 2. The standard InChI is InChI=1S/C20H24O6/c1-12-6-4-7-13(2)26-20(24)18-14(8-5-9-16(21)19(12)23)10-15(25-3)11-17(18)22/h4-6,8,10-11,13,16,19,21-23H,1,7,9H2,2-3H3/b6-4+,8-5+/t13-,16-,19+/m0/s1. The van der Waals surface area contributed by atoms with Crippen LogP contribution >= 0.6 is 0 Å². The van der Waals surface area contributed by atoms with Crippen molar-refractivity contribution in [1.82, 2.24) is 0 Å². The molecular weight excluding hydrogens is 336 g/mol. The third kappa shape index (κ3) is 4.74. The summed E-state index contributed by atoms with van der Waals surface area (Å²) in [6.07, 6.45) is 4.43. The van der Waals surface area contributed by atoms with Crippen LogP contribution in [-0.2, 0) is 4.74 Å². The Hall–Kier alpha value is -2.57. The predicted octanol–water partition coefficient (Wildman–Crippen LogP) is 2.59. The summed E-state index contributed by atoms with van der Waals surface area (Å²) in [5, 5.41) is 30.4. The molecular formula is C20H24O6. The van der Waals surface area contributed by atoms with Gasteiger partial charge in [-0.05, 0) is 30.5 Å². The lowest BCUT2D eigenvalue weighted by Gasteiger charge is -2.18. The van der Waals surface area contributed by atoms with Crippen LogP contribution in [0.15, 0.2) is 42.5 Å². The molecule has 6 heteroatoms. The normalized spacial score (nSPS) is 27.0. The Morgan fingerprint density at radius 3 is 2.58 bits per heavy atom. The fraction of sp³-hybridized carbons (Fsp3) is 0.350. The van der Waals surface area contributed by atoms with E-state index in [0.29, 0.717) is 23.3 Å². The lowest BCUT2D eigenvalue weighted by molar-refractivity contribution is 0.0343. The highest BCUT2D eigenvalue weighted by atomic mass is 16.5. The third-order valence-electron chi connectivity index (χ3n) is 4.09. The number of carbonyl (C=O) groups is 1. The zero-order valence-electron chi connectivity index (χ0n) is 14.9. The van der Waals surface area contributed by atoms with Gasteiger partial charge in [-0.3, -0.25) is 0 Å². The SMILES string of the molecule is C=C1/C=C/C[C@H](C)OC(=O)c2c(O)cc(OC)cc2/C=C/C[C@H](O)[C@@H]1O. The van der Waals surface area contributed by atoms with E-state index in [9.17, 15) is 20.1 Å². The zero-order valence-corrected chi connectivity index (χ0v) is 14.9. The molecule has 0 saturated heterocycles. The van der Waals surface area contributed by atoms with Crippen molar-refractivity contribution in [3.8, 4) is 11.5 Å². The van der Waals surface area contributed by atoms with Crippen molar-refractivity contribution >= 4 is 12.0 Å². The molecule has 6 nitrogen and oxygen atoms in total. The quantitative estimate of drug-likeness (QED) is 0.666. The van der Waals surface area contributed by atoms with Crippen molar-refractivity contribution < 1.29 is 29.6 Å². The van der Waals surface area contributed by atoms with E-state index in [4.69, 9.17) is 9.47 Å². The van der Waals surface area contributed by atoms with E-state index in [1.54, 1.807) is 37.3 Å². The number of methoxy groups -OCH3 is 1. The minimum absolute atomic E-state index is 0.0226. The summed E-state index contributed by atoms with van der Waals surface area (Å²) >= 11 is 0. The molecule has 0 saturated carbocycles. The maximum absolute atomic E-state index is 12.5. The van der Waals surface area contributed by atoms with Gasteiger partial charge in [-0.15, -0.1) is 0 Å². The van der Waals surface area contributed by atoms with Crippen LogP contribution in [0.5, 0.6) is 11.5 Å². The van der Waals surface area contributed by atoms with Crippen LogP contribution in [0.1, 0.15) is 35.7 Å². The van der Waals surface area contributed by atoms with Crippen molar-refractivity contribution in [3.05, 3.63) is 53.6 Å². The molecule has 3 N–H and O–H groups in total. The molecule has 0 fully saturated rings. The van der Waals surface area contributed by atoms with Crippen LogP contribution in [0.25, 0.3) is 6.08 Å². The molecule has 1 aromatic rings. The van der Waals surface area contributed by atoms with E-state index < -0.39 is 24.3 Å². The van der Waals surface area contributed by atoms with Crippen LogP contribution in [0, 0.1) is 0 Å². The van der Waals surface area contributed by atoms with E-state index in [-0.39, 0.29) is 17.7 Å². The van der Waals surface area contributed by atoms with Gasteiger partial charge in [0.25, 0.3) is 0 Å². The second-order valence-electron chi connectivity index (χ2n) is 6.19. The molecule has 0 radical (unpaired) electrons. The van der Waals surface area contributed by atoms with Gasteiger partial charge < -0.3 is 24.8 Å². The molecule has 0 unspecified atom stereocenters. The van der Waals surface area contributed by atoms with Crippen LogP contribution in [-0.4, -0.2) is 46.7 Å². The molecule has 0 amide bonds. The Morgan fingerprint density at radius 1 is 1.19 bits per heavy atom. The highest BCUT2D eigenvalue weighted by Gasteiger charge is 2.21. The summed E-state index contributed by atoms with van der Waals surface area (Å²) in [4.78, 5) is 12.5. The number of rotatable bonds is 1. The molecule has 0 spiro atoms. The van der Waals surface area contributed by atoms with Gasteiger partial charge in [-0.1, -0.05) is 30.9 Å². The van der Waals surface area contributed by atoms with Crippen molar-refractivity contribution in [2.24, 2.45) is 0 Å². The third-order valence-corrected chi connectivity index (χ3v) is 4.09. The lowest BCUT2D eigenvalue weighted by Crippen LogP contribution is -2.26. The number of aliphatic hydroxyl groups is 2. The molecule has 26 heavy (non-hydrogen) atoms. The number of cyclic esters (lactones) is 1. The molecule has 140 valence electrons. The van der Waals surface area contributed by atoms with Gasteiger partial charge in [0.2, 0.25) is 0 Å². The zero-order chi connectivity index (χ0) is 19.3. The van der Waals surface area contributed by atoms with Crippen LogP contribution in [0.4, 0.5) is 0 Å². The van der Waals surface area contributed by atoms with Crippen molar-refractivity contribution in [2.75, 3.05) is 7.11 Å². The Kier molecular flexibility index (Phi) is 6.60. The van der Waals surface area contributed by atoms with E-state index in [1.165, 1.54) is 13.2 Å². The number of esters is 1. The number of aromatic hydroxyl groups is 1. The number of aliphatic hydroxyl groups excluding tert-OH is 2. The summed E-state index contributed by atoms with van der Waals surface area (Å²) in [5.74, 6) is -0.523. The van der Waals surface area contributed by atoms with Gasteiger partial charge in [0.15, 0.2) is 0 Å². The number of carbonyl (C=O) groups excluding carboxylic acids is 1. The second kappa shape index (κ2) is 8.69. The minimum atomic E-state index is -1.10. The average Bonchev–Trinajstić information content (AvgIpc) is 2.59. The number of hydrogen-bond acceptors (Lipinski definition) is 6. The maximum atomic E-state index is 12.5. The summed E-state index contributed by atoms with van der Waals surface area (Å²) < 4.78 is 10.5. The first kappa shape index (κ1) is 19.8. The fourth-order valence-corrected chi connectivity index (χ4v) is 2.60. The monoisotopic (exact) mass is 360 g/mol. The largest absolute Gasteiger partial charge is 0.507 e. The first-order valence-corrected chi connectivity index (χ1v) is 8.33. The molecule has 1 aliphatic rings. The number of fused-ring (bicyclic) bond motifs is 1. The van der Waals surface area contributed by atoms with E-state index >= 15 is 0 Å². The van der Waals surface area contributed by atoms with Gasteiger partial charge in [0.05, 0.1) is 13.2 Å². The van der Waals surface area contributed by atoms with Crippen molar-refractivity contribution in [1.29, 1.82) is 0 Å². The van der Waals surface area contributed by atoms with Gasteiger partial charge in [0, 0.05) is 12.5 Å². The summed E-state index contributed by atoms with van der Waals surface area (Å²) in [6, 6.07) is 2.93. The molecule has 0 bridgehead atoms. The highest BCUT2D eigenvalue weighted by Crippen LogP contribution is 2.30. The van der Waals surface area contributed by atoms with Gasteiger partial charge in [-0.25, -0.2) is 4.79 Å². The Morgan fingerprint density at radius 2 is 1.88 bits per heavy atom. The second-order valence-corrected chi connectivity index (χ2v) is 6.19. The predicted molar refractivity (Wildman–Crippen MR) is 98.1 cm³/mol. The van der Waals surface area contributed by atoms with Crippen LogP contribution in [0.3, 0.4) is 0 Å². The van der Waals surface area contributed by atoms with Crippen molar-refractivity contribution in [2.45, 2.75) is 38.1 Å². The van der Waals surface area contributed by atoms with E-state index in [1.807, 2.05) is 0 Å². The highest BCUT2D eigenvalue weighted by molar-refractivity contribution is 5.97. The fourth-order valence-electron chi connectivity index (χ4n) is 2.60. The van der Waals surface area contributed by atoms with Gasteiger partial charge in [-0.2, -0.15) is 0 Å². The molecule has 0 aromatic heterocycles. The smallest absolute Gasteiger partial charge is 0.342 e. The molecule has 1 heterocycles. The first-order valence-electron chi connectivity index (χ1n) is 8.33. The summed E-state index contributed by atoms with van der Waals surface area (Å²) in [6.45, 7) is 5.47. The van der Waals surface area contributed by atoms with Gasteiger partial charge in [0.1, 0.15) is 29.3 Å². The molecule has 3 atom stereocenters.